The van der Waals surface area contributed by atoms with Crippen LogP contribution in [0.5, 0.6) is 0 Å². The van der Waals surface area contributed by atoms with Gasteiger partial charge in [0.25, 0.3) is 0 Å². The van der Waals surface area contributed by atoms with E-state index >= 15 is 0 Å². The Hall–Kier alpha value is -2.92. The summed E-state index contributed by atoms with van der Waals surface area (Å²) >= 11 is 0. The van der Waals surface area contributed by atoms with E-state index in [9.17, 15) is 53.2 Å². The first-order chi connectivity index (χ1) is 21.3. The largest absolute Gasteiger partial charge is 0.481 e. The minimum atomic E-state index is -3.51. The lowest BCUT2D eigenvalue weighted by Crippen LogP contribution is -2.46. The Balaban J connectivity index is 1.20. The third kappa shape index (κ3) is 8.27. The van der Waals surface area contributed by atoms with Crippen molar-refractivity contribution in [2.45, 2.75) is 125 Å². The number of nitrogens with zero attached hydrogens (tertiary/aromatic N) is 2. The van der Waals surface area contributed by atoms with Crippen LogP contribution in [-0.2, 0) is 38.7 Å². The number of hydrogen-bond acceptors (Lipinski definition) is 12. The third-order valence-corrected chi connectivity index (χ3v) is 13.0. The van der Waals surface area contributed by atoms with Crippen LogP contribution in [0.3, 0.4) is 0 Å². The number of carbonyl (C=O) groups is 3. The summed E-state index contributed by atoms with van der Waals surface area (Å²) in [6, 6.07) is -2.52. The second-order valence-electron chi connectivity index (χ2n) is 12.9. The summed E-state index contributed by atoms with van der Waals surface area (Å²) in [5, 5.41) is 40.6. The van der Waals surface area contributed by atoms with Gasteiger partial charge in [-0.3, -0.25) is 34.6 Å². The molecule has 0 aromatic rings. The molecule has 4 saturated carbocycles. The number of rotatable bonds is 12. The van der Waals surface area contributed by atoms with E-state index in [0.29, 0.717) is 57.8 Å². The maximum atomic E-state index is 13.4. The molecule has 0 heterocycles. The molecule has 45 heavy (non-hydrogen) atoms. The van der Waals surface area contributed by atoms with Crippen LogP contribution in [0.25, 0.3) is 0 Å². The van der Waals surface area contributed by atoms with Crippen LogP contribution >= 0.6 is 0 Å². The highest BCUT2D eigenvalue weighted by Crippen LogP contribution is 2.38. The summed E-state index contributed by atoms with van der Waals surface area (Å²) in [5.74, 6) is -7.71. The van der Waals surface area contributed by atoms with Gasteiger partial charge >= 0.3 is 17.9 Å². The maximum Gasteiger partial charge on any atom is 0.314 e. The Kier molecular flexibility index (Phi) is 11.7. The lowest BCUT2D eigenvalue weighted by atomic mass is 9.76. The van der Waals surface area contributed by atoms with Crippen molar-refractivity contribution in [1.29, 1.82) is 0 Å². The standard InChI is InChI=1S/C28H42N2O14S/c31-26(32)24-16(3-1-5-22(24)29(36)37)15-42-44-18-9-13-20(14-10-18)45(40,41)19-11-7-17(8-12-19)43-28(35)21-4-2-6-23(30(38)39)25(21)27(33)34/h16-25H,1-15H2,(H,31,32)(H,33,34). The number of esters is 1. The smallest absolute Gasteiger partial charge is 0.314 e. The molecule has 6 atom stereocenters. The first-order valence-electron chi connectivity index (χ1n) is 15.7. The molecule has 0 aromatic carbocycles. The third-order valence-electron chi connectivity index (χ3n) is 10.2. The van der Waals surface area contributed by atoms with Gasteiger partial charge < -0.3 is 14.9 Å². The first kappa shape index (κ1) is 34.9. The average molecular weight is 663 g/mol. The minimum Gasteiger partial charge on any atom is -0.481 e. The number of nitro groups is 2. The van der Waals surface area contributed by atoms with E-state index in [1.807, 2.05) is 0 Å². The van der Waals surface area contributed by atoms with Gasteiger partial charge in [0.2, 0.25) is 12.1 Å². The van der Waals surface area contributed by atoms with Gasteiger partial charge in [-0.05, 0) is 77.0 Å². The van der Waals surface area contributed by atoms with Gasteiger partial charge in [0.05, 0.1) is 29.1 Å². The zero-order valence-electron chi connectivity index (χ0n) is 25.0. The lowest BCUT2D eigenvalue weighted by Gasteiger charge is -2.35. The van der Waals surface area contributed by atoms with Gasteiger partial charge in [-0.15, -0.1) is 0 Å². The number of ether oxygens (including phenoxy) is 1. The van der Waals surface area contributed by atoms with Gasteiger partial charge in [0.15, 0.2) is 9.84 Å². The molecule has 0 radical (unpaired) electrons. The Morgan fingerprint density at radius 2 is 1.18 bits per heavy atom. The lowest BCUT2D eigenvalue weighted by molar-refractivity contribution is -0.536. The molecule has 0 aromatic heterocycles. The zero-order valence-corrected chi connectivity index (χ0v) is 25.8. The molecule has 2 N–H and O–H groups in total. The summed E-state index contributed by atoms with van der Waals surface area (Å²) < 4.78 is 32.4. The van der Waals surface area contributed by atoms with Crippen LogP contribution in [0.4, 0.5) is 0 Å². The Morgan fingerprint density at radius 3 is 1.69 bits per heavy atom. The molecule has 0 spiro atoms. The molecular weight excluding hydrogens is 620 g/mol. The van der Waals surface area contributed by atoms with Gasteiger partial charge in [-0.1, -0.05) is 0 Å². The normalized spacial score (nSPS) is 36.0. The Bertz CT molecular complexity index is 1210. The molecule has 4 fully saturated rings. The van der Waals surface area contributed by atoms with E-state index in [1.165, 1.54) is 0 Å². The summed E-state index contributed by atoms with van der Waals surface area (Å²) in [7, 11) is -3.51. The number of carboxylic acid groups (broad SMARTS) is 2. The van der Waals surface area contributed by atoms with E-state index in [4.69, 9.17) is 14.5 Å². The summed E-state index contributed by atoms with van der Waals surface area (Å²) in [4.78, 5) is 68.6. The quantitative estimate of drug-likeness (QED) is 0.132. The number of hydrogen-bond donors (Lipinski definition) is 2. The van der Waals surface area contributed by atoms with Crippen LogP contribution in [0.2, 0.25) is 0 Å². The van der Waals surface area contributed by atoms with Crippen LogP contribution in [-0.4, -0.2) is 87.8 Å². The molecule has 4 aliphatic carbocycles. The van der Waals surface area contributed by atoms with Gasteiger partial charge in [0, 0.05) is 28.6 Å². The van der Waals surface area contributed by atoms with Crippen molar-refractivity contribution in [3.63, 3.8) is 0 Å². The monoisotopic (exact) mass is 662 g/mol. The second-order valence-corrected chi connectivity index (χ2v) is 15.4. The van der Waals surface area contributed by atoms with E-state index < -0.39 is 90.0 Å². The van der Waals surface area contributed by atoms with E-state index in [1.54, 1.807) is 0 Å². The van der Waals surface area contributed by atoms with E-state index in [2.05, 4.69) is 0 Å². The van der Waals surface area contributed by atoms with E-state index in [0.717, 1.165) is 0 Å². The van der Waals surface area contributed by atoms with Crippen LogP contribution in [0.1, 0.15) is 89.9 Å². The molecular formula is C28H42N2O14S. The Labute approximate surface area is 260 Å². The van der Waals surface area contributed by atoms with Crippen LogP contribution < -0.4 is 0 Å². The van der Waals surface area contributed by atoms with Crippen molar-refractivity contribution in [2.24, 2.45) is 23.7 Å². The summed E-state index contributed by atoms with van der Waals surface area (Å²) in [5.41, 5.74) is 0. The highest BCUT2D eigenvalue weighted by Gasteiger charge is 2.50. The topological polar surface area (TPSA) is 240 Å². The van der Waals surface area contributed by atoms with Gasteiger partial charge in [-0.25, -0.2) is 18.2 Å². The minimum absolute atomic E-state index is 0.0812. The number of carboxylic acids is 2. The first-order valence-corrected chi connectivity index (χ1v) is 17.4. The molecule has 0 aliphatic heterocycles. The fourth-order valence-electron chi connectivity index (χ4n) is 7.75. The highest BCUT2D eigenvalue weighted by molar-refractivity contribution is 7.92. The predicted molar refractivity (Wildman–Crippen MR) is 153 cm³/mol. The fraction of sp³-hybridized carbons (Fsp3) is 0.893. The fourth-order valence-corrected chi connectivity index (χ4v) is 10.1. The van der Waals surface area contributed by atoms with Crippen molar-refractivity contribution < 1.29 is 57.4 Å². The van der Waals surface area contributed by atoms with Crippen molar-refractivity contribution in [2.75, 3.05) is 6.61 Å². The number of sulfone groups is 1. The molecule has 0 bridgehead atoms. The van der Waals surface area contributed by atoms with Crippen LogP contribution in [0.15, 0.2) is 0 Å². The molecule has 254 valence electrons. The number of aliphatic carboxylic acids is 2. The zero-order chi connectivity index (χ0) is 32.9. The van der Waals surface area contributed by atoms with Gasteiger partial charge in [0.1, 0.15) is 17.9 Å². The molecule has 6 unspecified atom stereocenters. The van der Waals surface area contributed by atoms with Crippen molar-refractivity contribution in [3.05, 3.63) is 20.2 Å². The van der Waals surface area contributed by atoms with Crippen molar-refractivity contribution in [3.8, 4) is 0 Å². The molecule has 4 aliphatic rings. The molecule has 17 heteroatoms. The SMILES string of the molecule is O=C(OC1CCC(S(=O)(=O)C2CCC(OOCC3CCCC([N+](=O)[O-])C3C(=O)O)CC2)CC1)C1CCCC([N+](=O)[O-])C1C(=O)O. The van der Waals surface area contributed by atoms with Gasteiger partial charge in [-0.2, -0.15) is 0 Å². The summed E-state index contributed by atoms with van der Waals surface area (Å²) in [6.45, 7) is -0.0959. The average Bonchev–Trinajstić information content (AvgIpc) is 3.00. The maximum absolute atomic E-state index is 13.4. The van der Waals surface area contributed by atoms with Crippen molar-refractivity contribution in [1.82, 2.24) is 0 Å². The van der Waals surface area contributed by atoms with Crippen molar-refractivity contribution >= 4 is 27.7 Å². The molecule has 4 rings (SSSR count). The predicted octanol–water partition coefficient (Wildman–Crippen LogP) is 2.81. The molecule has 0 amide bonds. The summed E-state index contributed by atoms with van der Waals surface area (Å²) in [6.07, 6.45) is 3.53. The Morgan fingerprint density at radius 1 is 0.689 bits per heavy atom. The van der Waals surface area contributed by atoms with E-state index in [-0.39, 0.29) is 44.8 Å². The second kappa shape index (κ2) is 15.1. The highest BCUT2D eigenvalue weighted by atomic mass is 32.2. The number of carbonyl (C=O) groups excluding carboxylic acids is 1. The molecule has 0 saturated heterocycles. The molecule has 16 nitrogen and oxygen atoms in total. The van der Waals surface area contributed by atoms with Crippen LogP contribution in [0, 0.1) is 43.9 Å².